The summed E-state index contributed by atoms with van der Waals surface area (Å²) in [6.45, 7) is 0.822. The lowest BCUT2D eigenvalue weighted by molar-refractivity contribution is 0.0904. The molecule has 0 N–H and O–H groups in total. The minimum atomic E-state index is 0.379. The molecule has 0 atom stereocenters. The Labute approximate surface area is 91.9 Å². The van der Waals surface area contributed by atoms with Gasteiger partial charge in [-0.05, 0) is 12.1 Å². The average molecular weight is 225 g/mol. The van der Waals surface area contributed by atoms with Crippen molar-refractivity contribution in [2.45, 2.75) is 13.2 Å². The van der Waals surface area contributed by atoms with Gasteiger partial charge in [0, 0.05) is 0 Å². The second-order valence-corrected chi connectivity index (χ2v) is 3.29. The fourth-order valence-electron chi connectivity index (χ4n) is 1.06. The predicted molar refractivity (Wildman–Crippen MR) is 54.2 cm³/mol. The Balaban J connectivity index is 1.81. The van der Waals surface area contributed by atoms with Crippen LogP contribution in [0.3, 0.4) is 0 Å². The van der Waals surface area contributed by atoms with Crippen LogP contribution in [0.25, 0.3) is 0 Å². The molecule has 0 aliphatic heterocycles. The monoisotopic (exact) mass is 224 g/mol. The van der Waals surface area contributed by atoms with Crippen LogP contribution in [-0.2, 0) is 18.0 Å². The minimum absolute atomic E-state index is 0.379. The van der Waals surface area contributed by atoms with Crippen LogP contribution in [0.5, 0.6) is 0 Å². The Hall–Kier alpha value is -1.39. The highest BCUT2D eigenvalue weighted by atomic mass is 35.5. The smallest absolute Gasteiger partial charge is 0.147 e. The number of nitrogens with zero attached hydrogens (tertiary/aromatic N) is 2. The normalized spacial score (nSPS) is 10.5. The van der Waals surface area contributed by atoms with E-state index in [-0.39, 0.29) is 0 Å². The zero-order chi connectivity index (χ0) is 10.5. The number of hydrogen-bond donors (Lipinski definition) is 0. The Bertz CT molecular complexity index is 400. The summed E-state index contributed by atoms with van der Waals surface area (Å²) >= 11 is 5.60. The molecule has 0 aliphatic rings. The van der Waals surface area contributed by atoms with Crippen molar-refractivity contribution in [3.05, 3.63) is 47.4 Å². The van der Waals surface area contributed by atoms with Crippen molar-refractivity contribution in [3.8, 4) is 0 Å². The molecule has 2 aromatic rings. The number of halogens is 1. The van der Waals surface area contributed by atoms with E-state index in [2.05, 4.69) is 9.97 Å². The van der Waals surface area contributed by atoms with Gasteiger partial charge in [-0.15, -0.1) is 0 Å². The van der Waals surface area contributed by atoms with Crippen LogP contribution in [0.4, 0.5) is 0 Å². The van der Waals surface area contributed by atoms with Crippen molar-refractivity contribution in [1.82, 2.24) is 9.97 Å². The second kappa shape index (κ2) is 4.91. The maximum atomic E-state index is 5.60. The summed E-state index contributed by atoms with van der Waals surface area (Å²) in [6.07, 6.45) is 4.69. The maximum absolute atomic E-state index is 5.60. The van der Waals surface area contributed by atoms with Gasteiger partial charge in [0.05, 0.1) is 31.0 Å². The van der Waals surface area contributed by atoms with Gasteiger partial charge in [0.25, 0.3) is 0 Å². The largest absolute Gasteiger partial charge is 0.467 e. The van der Waals surface area contributed by atoms with E-state index in [1.165, 1.54) is 6.20 Å². The molecule has 2 aromatic heterocycles. The molecular weight excluding hydrogens is 216 g/mol. The van der Waals surface area contributed by atoms with E-state index in [1.807, 2.05) is 12.1 Å². The summed E-state index contributed by atoms with van der Waals surface area (Å²) in [4.78, 5) is 7.94. The topological polar surface area (TPSA) is 48.2 Å². The Morgan fingerprint density at radius 2 is 2.20 bits per heavy atom. The third kappa shape index (κ3) is 3.04. The van der Waals surface area contributed by atoms with E-state index in [9.17, 15) is 0 Å². The van der Waals surface area contributed by atoms with E-state index >= 15 is 0 Å². The lowest BCUT2D eigenvalue weighted by atomic mass is 10.4. The fourth-order valence-corrected chi connectivity index (χ4v) is 1.16. The van der Waals surface area contributed by atoms with Gasteiger partial charge in [-0.2, -0.15) is 0 Å². The van der Waals surface area contributed by atoms with Gasteiger partial charge in [-0.1, -0.05) is 11.6 Å². The highest BCUT2D eigenvalue weighted by Crippen LogP contribution is 2.05. The predicted octanol–water partition coefficient (Wildman–Crippen LogP) is 2.44. The standard InChI is InChI=1S/C10H9ClN2O2/c11-10-5-12-8(4-13-10)6-14-7-9-2-1-3-15-9/h1-5H,6-7H2. The zero-order valence-electron chi connectivity index (χ0n) is 7.89. The van der Waals surface area contributed by atoms with Crippen molar-refractivity contribution >= 4 is 11.6 Å². The molecule has 0 amide bonds. The van der Waals surface area contributed by atoms with Gasteiger partial charge in [-0.3, -0.25) is 4.98 Å². The van der Waals surface area contributed by atoms with E-state index in [4.69, 9.17) is 20.8 Å². The molecular formula is C10H9ClN2O2. The third-order valence-corrected chi connectivity index (χ3v) is 1.94. The average Bonchev–Trinajstić information content (AvgIpc) is 2.74. The number of hydrogen-bond acceptors (Lipinski definition) is 4. The molecule has 2 rings (SSSR count). The minimum Gasteiger partial charge on any atom is -0.467 e. The molecule has 0 fully saturated rings. The molecule has 0 aliphatic carbocycles. The van der Waals surface area contributed by atoms with E-state index in [0.29, 0.717) is 18.4 Å². The molecule has 0 unspecified atom stereocenters. The summed E-state index contributed by atoms with van der Waals surface area (Å²) in [7, 11) is 0. The third-order valence-electron chi connectivity index (χ3n) is 1.75. The summed E-state index contributed by atoms with van der Waals surface area (Å²) in [5.74, 6) is 0.789. The molecule has 0 saturated heterocycles. The molecule has 0 radical (unpaired) electrons. The van der Waals surface area contributed by atoms with Crippen molar-refractivity contribution in [3.63, 3.8) is 0 Å². The fraction of sp³-hybridized carbons (Fsp3) is 0.200. The first-order chi connectivity index (χ1) is 7.34. The van der Waals surface area contributed by atoms with Crippen molar-refractivity contribution in [2.24, 2.45) is 0 Å². The van der Waals surface area contributed by atoms with E-state index < -0.39 is 0 Å². The number of furan rings is 1. The number of aromatic nitrogens is 2. The van der Waals surface area contributed by atoms with E-state index in [0.717, 1.165) is 11.5 Å². The quantitative estimate of drug-likeness (QED) is 0.800. The van der Waals surface area contributed by atoms with E-state index in [1.54, 1.807) is 12.5 Å². The van der Waals surface area contributed by atoms with Gasteiger partial charge in [-0.25, -0.2) is 4.98 Å². The molecule has 15 heavy (non-hydrogen) atoms. The summed E-state index contributed by atoms with van der Waals surface area (Å²) in [5.41, 5.74) is 0.742. The van der Waals surface area contributed by atoms with Crippen molar-refractivity contribution < 1.29 is 9.15 Å². The molecule has 78 valence electrons. The highest BCUT2D eigenvalue weighted by molar-refractivity contribution is 6.29. The Morgan fingerprint density at radius 3 is 2.87 bits per heavy atom. The SMILES string of the molecule is Clc1cnc(COCc2ccco2)cn1. The van der Waals surface area contributed by atoms with Crippen molar-refractivity contribution in [1.29, 1.82) is 0 Å². The lowest BCUT2D eigenvalue weighted by Gasteiger charge is -2.00. The first kappa shape index (κ1) is 10.1. The zero-order valence-corrected chi connectivity index (χ0v) is 8.65. The van der Waals surface area contributed by atoms with Crippen LogP contribution in [0, 0.1) is 0 Å². The molecule has 2 heterocycles. The van der Waals surface area contributed by atoms with Gasteiger partial charge in [0.15, 0.2) is 0 Å². The highest BCUT2D eigenvalue weighted by Gasteiger charge is 1.98. The first-order valence-corrected chi connectivity index (χ1v) is 4.79. The Morgan fingerprint density at radius 1 is 1.27 bits per heavy atom. The van der Waals surface area contributed by atoms with Crippen LogP contribution in [0.15, 0.2) is 35.2 Å². The molecule has 0 aromatic carbocycles. The number of ether oxygens (including phenoxy) is 1. The summed E-state index contributed by atoms with van der Waals surface area (Å²) in [5, 5.41) is 0.379. The molecule has 0 saturated carbocycles. The Kier molecular flexibility index (Phi) is 3.32. The van der Waals surface area contributed by atoms with Crippen LogP contribution < -0.4 is 0 Å². The summed E-state index contributed by atoms with van der Waals surface area (Å²) in [6, 6.07) is 3.67. The second-order valence-electron chi connectivity index (χ2n) is 2.90. The van der Waals surface area contributed by atoms with Crippen LogP contribution in [0.2, 0.25) is 5.15 Å². The molecule has 0 bridgehead atoms. The molecule has 5 heteroatoms. The van der Waals surface area contributed by atoms with Gasteiger partial charge < -0.3 is 9.15 Å². The van der Waals surface area contributed by atoms with Crippen molar-refractivity contribution in [2.75, 3.05) is 0 Å². The van der Waals surface area contributed by atoms with Gasteiger partial charge in [0.1, 0.15) is 17.5 Å². The maximum Gasteiger partial charge on any atom is 0.147 e. The van der Waals surface area contributed by atoms with Crippen LogP contribution in [0.1, 0.15) is 11.5 Å². The molecule has 4 nitrogen and oxygen atoms in total. The van der Waals surface area contributed by atoms with Crippen LogP contribution >= 0.6 is 11.6 Å². The van der Waals surface area contributed by atoms with Gasteiger partial charge in [0.2, 0.25) is 0 Å². The first-order valence-electron chi connectivity index (χ1n) is 4.41. The van der Waals surface area contributed by atoms with Crippen LogP contribution in [-0.4, -0.2) is 9.97 Å². The lowest BCUT2D eigenvalue weighted by Crippen LogP contribution is -1.96. The summed E-state index contributed by atoms with van der Waals surface area (Å²) < 4.78 is 10.5. The van der Waals surface area contributed by atoms with Gasteiger partial charge >= 0.3 is 0 Å². The molecule has 0 spiro atoms. The number of rotatable bonds is 4.